The minimum atomic E-state index is -0.762. The van der Waals surface area contributed by atoms with Gasteiger partial charge in [-0.15, -0.1) is 0 Å². The standard InChI is InChI=1S/C20H32N6O6/c27-17(28)4-5-23-9-11-24(12-10-23)13-16-14-26(20(30)31-16)8-3-15-1-6-25(7-2-15)18-21-19(29)32-22-18/h15-16H,1-14H2,(H,27,28)(H,21,22,29). The molecule has 1 aromatic heterocycles. The second kappa shape index (κ2) is 10.3. The van der Waals surface area contributed by atoms with Crippen LogP contribution in [0, 0.1) is 5.92 Å². The lowest BCUT2D eigenvalue weighted by Gasteiger charge is -2.35. The molecule has 12 heteroatoms. The predicted molar refractivity (Wildman–Crippen MR) is 114 cm³/mol. The Labute approximate surface area is 186 Å². The van der Waals surface area contributed by atoms with Crippen LogP contribution in [-0.4, -0.2) is 114 Å². The SMILES string of the molecule is O=C(O)CCN1CCN(CC2CN(CCC3CCN(c4noc(=O)[nH]4)CC3)C(=O)O2)CC1. The number of carboxylic acids is 1. The Bertz CT molecular complexity index is 827. The van der Waals surface area contributed by atoms with Crippen LogP contribution in [-0.2, 0) is 9.53 Å². The van der Waals surface area contributed by atoms with Gasteiger partial charge in [-0.25, -0.2) is 9.59 Å². The maximum Gasteiger partial charge on any atom is 0.440 e. The quantitative estimate of drug-likeness (QED) is 0.522. The Morgan fingerprint density at radius 3 is 2.44 bits per heavy atom. The van der Waals surface area contributed by atoms with Crippen LogP contribution in [0.4, 0.5) is 10.7 Å². The van der Waals surface area contributed by atoms with E-state index in [1.807, 2.05) is 9.80 Å². The highest BCUT2D eigenvalue weighted by Gasteiger charge is 2.33. The summed E-state index contributed by atoms with van der Waals surface area (Å²) in [5.74, 6) is -0.288. The molecule has 0 radical (unpaired) electrons. The molecule has 0 saturated carbocycles. The maximum atomic E-state index is 12.3. The Morgan fingerprint density at radius 1 is 1.06 bits per heavy atom. The Kier molecular flexibility index (Phi) is 7.30. The number of carbonyl (C=O) groups excluding carboxylic acids is 1. The summed E-state index contributed by atoms with van der Waals surface area (Å²) in [6, 6.07) is 0. The van der Waals surface area contributed by atoms with Crippen LogP contribution >= 0.6 is 0 Å². The summed E-state index contributed by atoms with van der Waals surface area (Å²) in [5, 5.41) is 12.6. The van der Waals surface area contributed by atoms with E-state index in [0.29, 0.717) is 31.5 Å². The number of carbonyl (C=O) groups is 2. The van der Waals surface area contributed by atoms with E-state index in [0.717, 1.165) is 65.1 Å². The second-order valence-electron chi connectivity index (χ2n) is 8.88. The number of hydrogen-bond donors (Lipinski definition) is 2. The highest BCUT2D eigenvalue weighted by Crippen LogP contribution is 2.24. The first-order valence-electron chi connectivity index (χ1n) is 11.4. The van der Waals surface area contributed by atoms with Gasteiger partial charge >= 0.3 is 17.8 Å². The fourth-order valence-corrected chi connectivity index (χ4v) is 4.72. The summed E-state index contributed by atoms with van der Waals surface area (Å²) in [7, 11) is 0. The first-order valence-corrected chi connectivity index (χ1v) is 11.4. The molecule has 0 aromatic carbocycles. The number of nitrogens with one attached hydrogen (secondary N) is 1. The fourth-order valence-electron chi connectivity index (χ4n) is 4.72. The van der Waals surface area contributed by atoms with E-state index in [-0.39, 0.29) is 18.6 Å². The summed E-state index contributed by atoms with van der Waals surface area (Å²) in [6.07, 6.45) is 2.73. The first-order chi connectivity index (χ1) is 15.5. The van der Waals surface area contributed by atoms with Gasteiger partial charge in [0, 0.05) is 58.9 Å². The molecule has 0 bridgehead atoms. The molecule has 0 aliphatic carbocycles. The molecule has 1 amide bonds. The number of aromatic amines is 1. The number of H-pyrrole nitrogens is 1. The van der Waals surface area contributed by atoms with Gasteiger partial charge in [-0.1, -0.05) is 0 Å². The molecule has 0 spiro atoms. The third kappa shape index (κ3) is 6.00. The van der Waals surface area contributed by atoms with E-state index in [4.69, 9.17) is 9.84 Å². The van der Waals surface area contributed by atoms with Gasteiger partial charge in [0.15, 0.2) is 0 Å². The molecule has 12 nitrogen and oxygen atoms in total. The molecule has 1 atom stereocenters. The van der Waals surface area contributed by atoms with Gasteiger partial charge in [0.05, 0.1) is 13.0 Å². The molecule has 3 saturated heterocycles. The molecule has 1 unspecified atom stereocenters. The van der Waals surface area contributed by atoms with Crippen molar-refractivity contribution in [3.63, 3.8) is 0 Å². The zero-order valence-corrected chi connectivity index (χ0v) is 18.3. The van der Waals surface area contributed by atoms with Crippen LogP contribution in [0.3, 0.4) is 0 Å². The minimum Gasteiger partial charge on any atom is -0.481 e. The highest BCUT2D eigenvalue weighted by atomic mass is 16.6. The molecule has 1 aromatic rings. The van der Waals surface area contributed by atoms with E-state index in [9.17, 15) is 14.4 Å². The molecular weight excluding hydrogens is 420 g/mol. The molecule has 4 heterocycles. The van der Waals surface area contributed by atoms with Crippen molar-refractivity contribution in [3.8, 4) is 0 Å². The fraction of sp³-hybridized carbons (Fsp3) is 0.800. The zero-order chi connectivity index (χ0) is 22.5. The summed E-state index contributed by atoms with van der Waals surface area (Å²) in [5.41, 5.74) is 0. The number of hydrogen-bond acceptors (Lipinski definition) is 9. The normalized spacial score (nSPS) is 23.6. The molecule has 3 aliphatic heterocycles. The second-order valence-corrected chi connectivity index (χ2v) is 8.88. The highest BCUT2D eigenvalue weighted by molar-refractivity contribution is 5.69. The van der Waals surface area contributed by atoms with Gasteiger partial charge < -0.3 is 24.5 Å². The maximum absolute atomic E-state index is 12.3. The largest absolute Gasteiger partial charge is 0.481 e. The van der Waals surface area contributed by atoms with Crippen LogP contribution in [0.15, 0.2) is 9.32 Å². The lowest BCUT2D eigenvalue weighted by Crippen LogP contribution is -2.49. The van der Waals surface area contributed by atoms with Gasteiger partial charge in [0.2, 0.25) is 5.95 Å². The number of ether oxygens (including phenoxy) is 1. The van der Waals surface area contributed by atoms with Crippen molar-refractivity contribution in [1.82, 2.24) is 24.8 Å². The Hall–Kier alpha value is -2.60. The monoisotopic (exact) mass is 452 g/mol. The smallest absolute Gasteiger partial charge is 0.440 e. The number of cyclic esters (lactones) is 1. The van der Waals surface area contributed by atoms with Crippen LogP contribution in [0.1, 0.15) is 25.7 Å². The number of anilines is 1. The van der Waals surface area contributed by atoms with Gasteiger partial charge in [0.25, 0.3) is 0 Å². The Morgan fingerprint density at radius 2 is 1.78 bits per heavy atom. The average molecular weight is 453 g/mol. The zero-order valence-electron chi connectivity index (χ0n) is 18.3. The van der Waals surface area contributed by atoms with Crippen LogP contribution in [0.25, 0.3) is 0 Å². The van der Waals surface area contributed by atoms with Crippen molar-refractivity contribution in [2.24, 2.45) is 5.92 Å². The van der Waals surface area contributed by atoms with E-state index < -0.39 is 11.7 Å². The van der Waals surface area contributed by atoms with Crippen LogP contribution in [0.2, 0.25) is 0 Å². The van der Waals surface area contributed by atoms with E-state index in [1.54, 1.807) is 0 Å². The lowest BCUT2D eigenvalue weighted by molar-refractivity contribution is -0.137. The molecule has 3 fully saturated rings. The van der Waals surface area contributed by atoms with Crippen molar-refractivity contribution < 1.29 is 24.0 Å². The number of aliphatic carboxylic acids is 1. The van der Waals surface area contributed by atoms with Crippen molar-refractivity contribution in [3.05, 3.63) is 10.6 Å². The molecular formula is C20H32N6O6. The molecule has 4 rings (SSSR count). The van der Waals surface area contributed by atoms with Gasteiger partial charge in [-0.05, 0) is 30.3 Å². The van der Waals surface area contributed by atoms with E-state index in [1.165, 1.54) is 0 Å². The third-order valence-corrected chi connectivity index (χ3v) is 6.67. The minimum absolute atomic E-state index is 0.112. The number of nitrogens with zero attached hydrogens (tertiary/aromatic N) is 5. The number of rotatable bonds is 9. The van der Waals surface area contributed by atoms with Gasteiger partial charge in [-0.2, -0.15) is 0 Å². The van der Waals surface area contributed by atoms with Gasteiger partial charge in [0.1, 0.15) is 6.10 Å². The van der Waals surface area contributed by atoms with Gasteiger partial charge in [-0.3, -0.25) is 19.2 Å². The van der Waals surface area contributed by atoms with Crippen LogP contribution in [0.5, 0.6) is 0 Å². The van der Waals surface area contributed by atoms with Crippen molar-refractivity contribution >= 4 is 18.0 Å². The van der Waals surface area contributed by atoms with Crippen molar-refractivity contribution in [2.75, 3.05) is 70.3 Å². The molecule has 3 aliphatic rings. The van der Waals surface area contributed by atoms with Crippen molar-refractivity contribution in [2.45, 2.75) is 31.8 Å². The number of aromatic nitrogens is 2. The van der Waals surface area contributed by atoms with Crippen molar-refractivity contribution in [1.29, 1.82) is 0 Å². The van der Waals surface area contributed by atoms with Crippen LogP contribution < -0.4 is 10.7 Å². The number of carboxylic acid groups (broad SMARTS) is 1. The van der Waals surface area contributed by atoms with E-state index in [2.05, 4.69) is 24.5 Å². The predicted octanol–water partition coefficient (Wildman–Crippen LogP) is -0.117. The number of piperidine rings is 1. The first kappa shape index (κ1) is 22.6. The topological polar surface area (TPSA) is 135 Å². The Balaban J connectivity index is 1.13. The summed E-state index contributed by atoms with van der Waals surface area (Å²) in [4.78, 5) is 45.0. The number of piperazine rings is 1. The summed E-state index contributed by atoms with van der Waals surface area (Å²) < 4.78 is 10.2. The molecule has 2 N–H and O–H groups in total. The average Bonchev–Trinajstić information content (AvgIpc) is 3.37. The molecule has 32 heavy (non-hydrogen) atoms. The summed E-state index contributed by atoms with van der Waals surface area (Å²) >= 11 is 0. The molecule has 178 valence electrons. The summed E-state index contributed by atoms with van der Waals surface area (Å²) in [6.45, 7) is 7.66. The lowest BCUT2D eigenvalue weighted by atomic mass is 9.93. The number of amides is 1. The third-order valence-electron chi connectivity index (χ3n) is 6.67. The van der Waals surface area contributed by atoms with E-state index >= 15 is 0 Å².